The number of hydrogen-bond acceptors (Lipinski definition) is 8. The van der Waals surface area contributed by atoms with Gasteiger partial charge in [0, 0.05) is 17.8 Å². The number of aliphatic hydroxyl groups is 4. The van der Waals surface area contributed by atoms with Gasteiger partial charge in [0.05, 0.1) is 11.5 Å². The van der Waals surface area contributed by atoms with Crippen LogP contribution in [0.25, 0.3) is 0 Å². The Hall–Kier alpha value is -1.78. The van der Waals surface area contributed by atoms with Crippen LogP contribution >= 0.6 is 0 Å². The Morgan fingerprint density at radius 1 is 1.27 bits per heavy atom. The first kappa shape index (κ1) is 16.6. The summed E-state index contributed by atoms with van der Waals surface area (Å²) in [6, 6.07) is 4.10. The van der Waals surface area contributed by atoms with Crippen molar-refractivity contribution in [3.8, 4) is 0 Å². The molecule has 122 valence electrons. The third kappa shape index (κ3) is 3.18. The summed E-state index contributed by atoms with van der Waals surface area (Å²) in [5.41, 5.74) is 0.943. The summed E-state index contributed by atoms with van der Waals surface area (Å²) in [7, 11) is 0. The van der Waals surface area contributed by atoms with E-state index in [4.69, 9.17) is 9.84 Å². The molecule has 9 heteroatoms. The zero-order valence-corrected chi connectivity index (χ0v) is 11.8. The SMILES string of the molecule is Cc1cc([N+](=O)[O-])ccc1N[C@@H]1O[C@H](CO)[C@@H](O)[C@H](O)[C@H]1O. The highest BCUT2D eigenvalue weighted by Crippen LogP contribution is 2.26. The predicted molar refractivity (Wildman–Crippen MR) is 75.2 cm³/mol. The van der Waals surface area contributed by atoms with Gasteiger partial charge >= 0.3 is 0 Å². The van der Waals surface area contributed by atoms with Crippen molar-refractivity contribution in [2.24, 2.45) is 0 Å². The van der Waals surface area contributed by atoms with Crippen molar-refractivity contribution in [3.05, 3.63) is 33.9 Å². The molecule has 2 rings (SSSR count). The number of nitrogens with zero attached hydrogens (tertiary/aromatic N) is 1. The highest BCUT2D eigenvalue weighted by molar-refractivity contribution is 5.55. The normalized spacial score (nSPS) is 31.8. The summed E-state index contributed by atoms with van der Waals surface area (Å²) >= 11 is 0. The van der Waals surface area contributed by atoms with Crippen LogP contribution in [0.15, 0.2) is 18.2 Å². The van der Waals surface area contributed by atoms with Crippen LogP contribution in [0.5, 0.6) is 0 Å². The first-order valence-corrected chi connectivity index (χ1v) is 6.67. The Kier molecular flexibility index (Phi) is 4.94. The second-order valence-corrected chi connectivity index (χ2v) is 5.15. The van der Waals surface area contributed by atoms with Gasteiger partial charge in [0.1, 0.15) is 24.4 Å². The highest BCUT2D eigenvalue weighted by Gasteiger charge is 2.43. The molecule has 1 heterocycles. The second kappa shape index (κ2) is 6.55. The van der Waals surface area contributed by atoms with Gasteiger partial charge in [0.2, 0.25) is 0 Å². The fourth-order valence-corrected chi connectivity index (χ4v) is 2.30. The molecule has 0 saturated carbocycles. The fourth-order valence-electron chi connectivity index (χ4n) is 2.30. The van der Waals surface area contributed by atoms with Gasteiger partial charge in [-0.2, -0.15) is 0 Å². The molecule has 1 aliphatic heterocycles. The minimum atomic E-state index is -1.48. The molecule has 1 saturated heterocycles. The van der Waals surface area contributed by atoms with Gasteiger partial charge in [-0.25, -0.2) is 0 Å². The standard InChI is InChI=1S/C13H18N2O7/c1-6-4-7(15(20)21)2-3-8(6)14-13-12(19)11(18)10(17)9(5-16)22-13/h2-4,9-14,16-19H,5H2,1H3/t9-,10-,11+,12-,13-/m1/s1. The van der Waals surface area contributed by atoms with Crippen LogP contribution in [0.4, 0.5) is 11.4 Å². The van der Waals surface area contributed by atoms with Crippen molar-refractivity contribution in [1.82, 2.24) is 0 Å². The van der Waals surface area contributed by atoms with Crippen molar-refractivity contribution in [2.75, 3.05) is 11.9 Å². The zero-order valence-electron chi connectivity index (χ0n) is 11.8. The number of ether oxygens (including phenoxy) is 1. The maximum absolute atomic E-state index is 10.7. The fraction of sp³-hybridized carbons (Fsp3) is 0.538. The monoisotopic (exact) mass is 314 g/mol. The molecule has 5 N–H and O–H groups in total. The lowest BCUT2D eigenvalue weighted by molar-refractivity contribution is -0.384. The van der Waals surface area contributed by atoms with Crippen LogP contribution in [-0.4, -0.2) is 62.6 Å². The van der Waals surface area contributed by atoms with Crippen LogP contribution in [-0.2, 0) is 4.74 Å². The molecule has 1 aromatic rings. The van der Waals surface area contributed by atoms with E-state index in [0.29, 0.717) is 11.3 Å². The summed E-state index contributed by atoms with van der Waals surface area (Å²) < 4.78 is 5.31. The van der Waals surface area contributed by atoms with E-state index in [2.05, 4.69) is 5.32 Å². The molecule has 0 bridgehead atoms. The maximum Gasteiger partial charge on any atom is 0.269 e. The van der Waals surface area contributed by atoms with Crippen molar-refractivity contribution >= 4 is 11.4 Å². The van der Waals surface area contributed by atoms with Crippen molar-refractivity contribution in [1.29, 1.82) is 0 Å². The van der Waals surface area contributed by atoms with Gasteiger partial charge in [-0.05, 0) is 18.6 Å². The lowest BCUT2D eigenvalue weighted by atomic mass is 9.98. The quantitative estimate of drug-likeness (QED) is 0.355. The summed E-state index contributed by atoms with van der Waals surface area (Å²) in [5.74, 6) is 0. The largest absolute Gasteiger partial charge is 0.394 e. The minimum Gasteiger partial charge on any atom is -0.394 e. The minimum absolute atomic E-state index is 0.0724. The van der Waals surface area contributed by atoms with E-state index >= 15 is 0 Å². The molecule has 0 aromatic heterocycles. The summed E-state index contributed by atoms with van der Waals surface area (Å²) in [6.07, 6.45) is -6.44. The van der Waals surface area contributed by atoms with Crippen molar-refractivity contribution in [2.45, 2.75) is 37.6 Å². The zero-order chi connectivity index (χ0) is 16.4. The van der Waals surface area contributed by atoms with Gasteiger partial charge in [-0.3, -0.25) is 10.1 Å². The van der Waals surface area contributed by atoms with E-state index in [0.717, 1.165) is 0 Å². The van der Waals surface area contributed by atoms with Gasteiger partial charge in [0.25, 0.3) is 5.69 Å². The van der Waals surface area contributed by atoms with Gasteiger partial charge in [-0.1, -0.05) is 0 Å². The summed E-state index contributed by atoms with van der Waals surface area (Å²) in [6.45, 7) is 1.11. The third-order valence-electron chi connectivity index (χ3n) is 3.61. The molecule has 22 heavy (non-hydrogen) atoms. The molecular formula is C13H18N2O7. The smallest absolute Gasteiger partial charge is 0.269 e. The van der Waals surface area contributed by atoms with Gasteiger partial charge < -0.3 is 30.5 Å². The third-order valence-corrected chi connectivity index (χ3v) is 3.61. The number of non-ortho nitro benzene ring substituents is 1. The first-order chi connectivity index (χ1) is 10.3. The number of hydrogen-bond donors (Lipinski definition) is 5. The van der Waals surface area contributed by atoms with Crippen LogP contribution in [0.1, 0.15) is 5.56 Å². The molecule has 1 aliphatic rings. The van der Waals surface area contributed by atoms with E-state index in [1.165, 1.54) is 18.2 Å². The Balaban J connectivity index is 2.17. The lowest BCUT2D eigenvalue weighted by Gasteiger charge is -2.40. The highest BCUT2D eigenvalue weighted by atomic mass is 16.6. The van der Waals surface area contributed by atoms with Crippen molar-refractivity contribution < 1.29 is 30.1 Å². The molecule has 5 atom stereocenters. The van der Waals surface area contributed by atoms with Crippen LogP contribution in [0.3, 0.4) is 0 Å². The Bertz CT molecular complexity index is 551. The number of aliphatic hydroxyl groups excluding tert-OH is 4. The molecule has 0 unspecified atom stereocenters. The molecule has 0 radical (unpaired) electrons. The Morgan fingerprint density at radius 3 is 2.50 bits per heavy atom. The molecule has 1 aromatic carbocycles. The van der Waals surface area contributed by atoms with E-state index in [9.17, 15) is 25.4 Å². The Morgan fingerprint density at radius 2 is 1.95 bits per heavy atom. The van der Waals surface area contributed by atoms with Crippen LogP contribution < -0.4 is 5.32 Å². The number of anilines is 1. The number of nitrogens with one attached hydrogen (secondary N) is 1. The molecule has 0 amide bonds. The first-order valence-electron chi connectivity index (χ1n) is 6.67. The molecule has 0 spiro atoms. The second-order valence-electron chi connectivity index (χ2n) is 5.15. The predicted octanol–water partition coefficient (Wildman–Crippen LogP) is -0.885. The molecule has 9 nitrogen and oxygen atoms in total. The van der Waals surface area contributed by atoms with E-state index in [1.807, 2.05) is 0 Å². The summed E-state index contributed by atoms with van der Waals surface area (Å²) in [4.78, 5) is 10.2. The van der Waals surface area contributed by atoms with Crippen molar-refractivity contribution in [3.63, 3.8) is 0 Å². The molecule has 0 aliphatic carbocycles. The number of rotatable bonds is 4. The average Bonchev–Trinajstić information content (AvgIpc) is 2.49. The Labute approximate surface area is 125 Å². The van der Waals surface area contributed by atoms with E-state index in [-0.39, 0.29) is 5.69 Å². The summed E-state index contributed by atoms with van der Waals surface area (Å²) in [5, 5.41) is 52.0. The number of nitro groups is 1. The number of aryl methyl sites for hydroxylation is 1. The van der Waals surface area contributed by atoms with E-state index < -0.39 is 42.2 Å². The molecular weight excluding hydrogens is 296 g/mol. The average molecular weight is 314 g/mol. The molecule has 1 fully saturated rings. The van der Waals surface area contributed by atoms with E-state index in [1.54, 1.807) is 6.92 Å². The maximum atomic E-state index is 10.7. The van der Waals surface area contributed by atoms with Gasteiger partial charge in [-0.15, -0.1) is 0 Å². The topological polar surface area (TPSA) is 145 Å². The van der Waals surface area contributed by atoms with Crippen LogP contribution in [0, 0.1) is 17.0 Å². The van der Waals surface area contributed by atoms with Crippen LogP contribution in [0.2, 0.25) is 0 Å². The number of benzene rings is 1. The lowest BCUT2D eigenvalue weighted by Crippen LogP contribution is -2.60. The van der Waals surface area contributed by atoms with Gasteiger partial charge in [0.15, 0.2) is 6.23 Å². The number of nitro benzene ring substituents is 1.